The van der Waals surface area contributed by atoms with Crippen LogP contribution in [-0.4, -0.2) is 6.21 Å². The lowest BCUT2D eigenvalue weighted by atomic mass is 10.2. The molecule has 17 heavy (non-hydrogen) atoms. The Morgan fingerprint density at radius 3 is 2.59 bits per heavy atom. The van der Waals surface area contributed by atoms with Crippen molar-refractivity contribution in [3.8, 4) is 0 Å². The molecule has 2 nitrogen and oxygen atoms in total. The highest BCUT2D eigenvalue weighted by Crippen LogP contribution is 2.08. The summed E-state index contributed by atoms with van der Waals surface area (Å²) in [5, 5.41) is 4.09. The fraction of sp³-hybridized carbons (Fsp3) is 0.0714. The molecule has 0 fully saturated rings. The molecule has 2 rings (SSSR count). The van der Waals surface area contributed by atoms with Crippen LogP contribution in [0.5, 0.6) is 0 Å². The topological polar surface area (TPSA) is 24.4 Å². The van der Waals surface area contributed by atoms with Crippen LogP contribution in [0.15, 0.2) is 53.6 Å². The fourth-order valence-corrected chi connectivity index (χ4v) is 1.46. The molecule has 0 saturated carbocycles. The molecule has 0 aliphatic carbocycles. The molecule has 0 spiro atoms. The maximum absolute atomic E-state index is 12.7. The minimum Gasteiger partial charge on any atom is -0.279 e. The van der Waals surface area contributed by atoms with Crippen LogP contribution in [0.2, 0.25) is 0 Å². The molecule has 2 aromatic carbocycles. The summed E-state index contributed by atoms with van der Waals surface area (Å²) < 4.78 is 12.7. The largest absolute Gasteiger partial charge is 0.279 e. The molecule has 0 aliphatic heterocycles. The van der Waals surface area contributed by atoms with E-state index in [-0.39, 0.29) is 5.82 Å². The predicted molar refractivity (Wildman–Crippen MR) is 68.8 cm³/mol. The molecule has 3 heteroatoms. The number of benzene rings is 2. The fourth-order valence-electron chi connectivity index (χ4n) is 1.46. The average Bonchev–Trinajstić information content (AvgIpc) is 2.32. The third-order valence-corrected chi connectivity index (χ3v) is 2.29. The highest BCUT2D eigenvalue weighted by molar-refractivity contribution is 5.80. The van der Waals surface area contributed by atoms with Crippen molar-refractivity contribution in [1.29, 1.82) is 0 Å². The molecule has 0 amide bonds. The average molecular weight is 228 g/mol. The number of hydrogen-bond acceptors (Lipinski definition) is 2. The molecule has 0 saturated heterocycles. The van der Waals surface area contributed by atoms with Gasteiger partial charge in [0.1, 0.15) is 5.82 Å². The van der Waals surface area contributed by atoms with Crippen molar-refractivity contribution in [2.75, 3.05) is 5.43 Å². The zero-order valence-electron chi connectivity index (χ0n) is 9.52. The number of nitrogens with zero attached hydrogens (tertiary/aromatic N) is 1. The monoisotopic (exact) mass is 228 g/mol. The van der Waals surface area contributed by atoms with E-state index in [9.17, 15) is 4.39 Å². The van der Waals surface area contributed by atoms with Gasteiger partial charge in [-0.1, -0.05) is 29.8 Å². The molecule has 0 unspecified atom stereocenters. The van der Waals surface area contributed by atoms with Crippen molar-refractivity contribution in [2.45, 2.75) is 6.92 Å². The van der Waals surface area contributed by atoms with Gasteiger partial charge in [-0.15, -0.1) is 0 Å². The first-order valence-electron chi connectivity index (χ1n) is 5.35. The zero-order chi connectivity index (χ0) is 12.1. The van der Waals surface area contributed by atoms with Gasteiger partial charge in [0.2, 0.25) is 0 Å². The van der Waals surface area contributed by atoms with Crippen LogP contribution in [-0.2, 0) is 0 Å². The van der Waals surface area contributed by atoms with E-state index in [1.54, 1.807) is 18.3 Å². The summed E-state index contributed by atoms with van der Waals surface area (Å²) in [6.45, 7) is 2.03. The molecule has 0 heterocycles. The van der Waals surface area contributed by atoms with Crippen LogP contribution in [0, 0.1) is 12.7 Å². The Morgan fingerprint density at radius 1 is 1.12 bits per heavy atom. The first kappa shape index (κ1) is 11.3. The number of hydrogen-bond donors (Lipinski definition) is 1. The van der Waals surface area contributed by atoms with Crippen LogP contribution >= 0.6 is 0 Å². The van der Waals surface area contributed by atoms with Crippen LogP contribution < -0.4 is 5.43 Å². The van der Waals surface area contributed by atoms with Crippen molar-refractivity contribution in [3.05, 3.63) is 65.5 Å². The Kier molecular flexibility index (Phi) is 3.50. The lowest BCUT2D eigenvalue weighted by Gasteiger charge is -1.99. The van der Waals surface area contributed by atoms with Crippen molar-refractivity contribution in [2.24, 2.45) is 5.10 Å². The van der Waals surface area contributed by atoms with E-state index in [0.717, 1.165) is 11.3 Å². The maximum Gasteiger partial charge on any atom is 0.123 e. The van der Waals surface area contributed by atoms with Gasteiger partial charge in [0, 0.05) is 0 Å². The Morgan fingerprint density at radius 2 is 1.88 bits per heavy atom. The second-order valence-electron chi connectivity index (χ2n) is 3.79. The minimum atomic E-state index is -0.252. The Balaban J connectivity index is 2.00. The smallest absolute Gasteiger partial charge is 0.123 e. The first-order valence-corrected chi connectivity index (χ1v) is 5.35. The molecule has 0 bridgehead atoms. The van der Waals surface area contributed by atoms with E-state index >= 15 is 0 Å². The molecule has 0 aromatic heterocycles. The van der Waals surface area contributed by atoms with Crippen molar-refractivity contribution < 1.29 is 4.39 Å². The lowest BCUT2D eigenvalue weighted by molar-refractivity contribution is 0.628. The quantitative estimate of drug-likeness (QED) is 0.630. The van der Waals surface area contributed by atoms with E-state index in [2.05, 4.69) is 10.5 Å². The normalized spacial score (nSPS) is 10.7. The first-order chi connectivity index (χ1) is 8.24. The number of hydrazone groups is 1. The highest BCUT2D eigenvalue weighted by atomic mass is 19.1. The van der Waals surface area contributed by atoms with Gasteiger partial charge in [-0.2, -0.15) is 5.10 Å². The van der Waals surface area contributed by atoms with Crippen LogP contribution in [0.1, 0.15) is 11.1 Å². The third kappa shape index (κ3) is 3.41. The lowest BCUT2D eigenvalue weighted by Crippen LogP contribution is -1.90. The summed E-state index contributed by atoms with van der Waals surface area (Å²) in [6.07, 6.45) is 1.73. The van der Waals surface area contributed by atoms with Crippen LogP contribution in [0.25, 0.3) is 0 Å². The Labute approximate surface area is 99.8 Å². The van der Waals surface area contributed by atoms with E-state index in [1.165, 1.54) is 17.7 Å². The summed E-state index contributed by atoms with van der Waals surface area (Å²) in [7, 11) is 0. The number of aryl methyl sites for hydroxylation is 1. The van der Waals surface area contributed by atoms with Gasteiger partial charge in [-0.3, -0.25) is 5.43 Å². The zero-order valence-corrected chi connectivity index (χ0v) is 9.52. The standard InChI is InChI=1S/C14H13FN2/c1-11-3-2-4-12(9-11)10-16-17-14-7-5-13(15)6-8-14/h2-10,17H,1H3/b16-10-. The summed E-state index contributed by atoms with van der Waals surface area (Å²) in [5.41, 5.74) is 5.82. The molecule has 2 aromatic rings. The van der Waals surface area contributed by atoms with E-state index in [4.69, 9.17) is 0 Å². The summed E-state index contributed by atoms with van der Waals surface area (Å²) in [4.78, 5) is 0. The molecule has 86 valence electrons. The molecule has 0 aliphatic rings. The Bertz CT molecular complexity index is 518. The SMILES string of the molecule is Cc1cccc(/C=N\Nc2ccc(F)cc2)c1. The van der Waals surface area contributed by atoms with Gasteiger partial charge in [-0.25, -0.2) is 4.39 Å². The maximum atomic E-state index is 12.7. The third-order valence-electron chi connectivity index (χ3n) is 2.29. The minimum absolute atomic E-state index is 0.252. The highest BCUT2D eigenvalue weighted by Gasteiger charge is 1.91. The molecule has 0 radical (unpaired) electrons. The number of rotatable bonds is 3. The van der Waals surface area contributed by atoms with Gasteiger partial charge in [-0.05, 0) is 36.8 Å². The number of nitrogens with one attached hydrogen (secondary N) is 1. The van der Waals surface area contributed by atoms with Crippen molar-refractivity contribution in [3.63, 3.8) is 0 Å². The van der Waals surface area contributed by atoms with Crippen molar-refractivity contribution in [1.82, 2.24) is 0 Å². The van der Waals surface area contributed by atoms with E-state index < -0.39 is 0 Å². The van der Waals surface area contributed by atoms with Gasteiger partial charge < -0.3 is 0 Å². The number of halogens is 1. The number of anilines is 1. The van der Waals surface area contributed by atoms with Crippen LogP contribution in [0.4, 0.5) is 10.1 Å². The second-order valence-corrected chi connectivity index (χ2v) is 3.79. The predicted octanol–water partition coefficient (Wildman–Crippen LogP) is 3.58. The molecule has 0 atom stereocenters. The molecule has 1 N–H and O–H groups in total. The molecular formula is C14H13FN2. The van der Waals surface area contributed by atoms with E-state index in [0.29, 0.717) is 0 Å². The summed E-state index contributed by atoms with van der Waals surface area (Å²) in [5.74, 6) is -0.252. The van der Waals surface area contributed by atoms with Gasteiger partial charge >= 0.3 is 0 Å². The van der Waals surface area contributed by atoms with Crippen LogP contribution in [0.3, 0.4) is 0 Å². The van der Waals surface area contributed by atoms with Gasteiger partial charge in [0.15, 0.2) is 0 Å². The Hall–Kier alpha value is -2.16. The van der Waals surface area contributed by atoms with Gasteiger partial charge in [0.25, 0.3) is 0 Å². The van der Waals surface area contributed by atoms with Gasteiger partial charge in [0.05, 0.1) is 11.9 Å². The molecular weight excluding hydrogens is 215 g/mol. The van der Waals surface area contributed by atoms with Crippen molar-refractivity contribution >= 4 is 11.9 Å². The summed E-state index contributed by atoms with van der Waals surface area (Å²) in [6, 6.07) is 14.1. The van der Waals surface area contributed by atoms with E-state index in [1.807, 2.05) is 31.2 Å². The summed E-state index contributed by atoms with van der Waals surface area (Å²) >= 11 is 0. The second kappa shape index (κ2) is 5.25.